The Kier molecular flexibility index (Phi) is 7.50. The number of rotatable bonds is 7. The van der Waals surface area contributed by atoms with Gasteiger partial charge in [0.25, 0.3) is 11.6 Å². The fourth-order valence-electron chi connectivity index (χ4n) is 4.20. The topological polar surface area (TPSA) is 154 Å². The molecule has 0 saturated carbocycles. The van der Waals surface area contributed by atoms with E-state index >= 15 is 0 Å². The Morgan fingerprint density at radius 1 is 1.05 bits per heavy atom. The Morgan fingerprint density at radius 2 is 1.74 bits per heavy atom. The van der Waals surface area contributed by atoms with E-state index in [-0.39, 0.29) is 17.2 Å². The summed E-state index contributed by atoms with van der Waals surface area (Å²) in [4.78, 5) is 35.3. The Balaban J connectivity index is 1.58. The molecule has 1 amide bonds. The van der Waals surface area contributed by atoms with Crippen LogP contribution in [0.1, 0.15) is 17.0 Å². The first-order valence-electron chi connectivity index (χ1n) is 11.6. The number of amides is 1. The van der Waals surface area contributed by atoms with E-state index in [0.717, 1.165) is 34.8 Å². The fraction of sp³-hybridized carbons (Fsp3) is 0.231. The zero-order chi connectivity index (χ0) is 27.4. The highest BCUT2D eigenvalue weighted by Crippen LogP contribution is 2.35. The number of hydrogen-bond donors (Lipinski definition) is 0. The predicted molar refractivity (Wildman–Crippen MR) is 136 cm³/mol. The lowest BCUT2D eigenvalue weighted by Gasteiger charge is -2.26. The number of nitriles is 1. The predicted octanol–water partition coefficient (Wildman–Crippen LogP) is 4.47. The summed E-state index contributed by atoms with van der Waals surface area (Å²) < 4.78 is 12.9. The van der Waals surface area contributed by atoms with Crippen molar-refractivity contribution in [2.24, 2.45) is 0 Å². The average molecular weight is 517 g/mol. The highest BCUT2D eigenvalue weighted by atomic mass is 16.6. The van der Waals surface area contributed by atoms with Crippen LogP contribution >= 0.6 is 0 Å². The monoisotopic (exact) mass is 517 g/mol. The van der Waals surface area contributed by atoms with Crippen molar-refractivity contribution in [1.29, 1.82) is 5.26 Å². The molecule has 1 aliphatic heterocycles. The number of nitrogens with zero attached hydrogens (tertiary/aromatic N) is 5. The Labute approximate surface area is 217 Å². The van der Waals surface area contributed by atoms with E-state index in [1.807, 2.05) is 30.6 Å². The number of ether oxygens (including phenoxy) is 2. The molecule has 0 N–H and O–H groups in total. The van der Waals surface area contributed by atoms with Gasteiger partial charge in [-0.25, -0.2) is 0 Å². The maximum atomic E-state index is 12.8. The van der Waals surface area contributed by atoms with E-state index in [9.17, 15) is 30.3 Å². The molecule has 0 atom stereocenters. The maximum Gasteiger partial charge on any atom is 0.318 e. The number of non-ortho nitro benzene ring substituents is 1. The maximum absolute atomic E-state index is 12.8. The molecule has 194 valence electrons. The van der Waals surface area contributed by atoms with Gasteiger partial charge in [-0.3, -0.25) is 25.0 Å². The zero-order valence-electron chi connectivity index (χ0n) is 20.6. The molecule has 1 aliphatic rings. The molecule has 3 aromatic rings. The minimum atomic E-state index is -0.739. The SMILES string of the molecule is Cc1cc(/C=C(/C#N)C(=O)N2CCOCC2)c(C)n1-c1ccc(Oc2ccc([N+](=O)[O-])cc2[N+](=O)[O-])cc1. The van der Waals surface area contributed by atoms with Crippen molar-refractivity contribution >= 4 is 23.4 Å². The summed E-state index contributed by atoms with van der Waals surface area (Å²) in [5.41, 5.74) is 2.28. The molecule has 0 radical (unpaired) electrons. The van der Waals surface area contributed by atoms with Gasteiger partial charge in [0.2, 0.25) is 5.75 Å². The van der Waals surface area contributed by atoms with E-state index in [1.165, 1.54) is 6.07 Å². The molecule has 4 rings (SSSR count). The van der Waals surface area contributed by atoms with Crippen LogP contribution < -0.4 is 4.74 Å². The van der Waals surface area contributed by atoms with Gasteiger partial charge in [0.1, 0.15) is 17.4 Å². The van der Waals surface area contributed by atoms with Crippen LogP contribution in [0.4, 0.5) is 11.4 Å². The second-order valence-electron chi connectivity index (χ2n) is 8.50. The van der Waals surface area contributed by atoms with Gasteiger partial charge in [0.05, 0.1) is 29.1 Å². The van der Waals surface area contributed by atoms with Gasteiger partial charge in [0.15, 0.2) is 0 Å². The van der Waals surface area contributed by atoms with Gasteiger partial charge < -0.3 is 18.9 Å². The lowest BCUT2D eigenvalue weighted by atomic mass is 10.1. The van der Waals surface area contributed by atoms with Crippen molar-refractivity contribution in [2.75, 3.05) is 26.3 Å². The molecule has 0 spiro atoms. The lowest BCUT2D eigenvalue weighted by Crippen LogP contribution is -2.41. The summed E-state index contributed by atoms with van der Waals surface area (Å²) in [7, 11) is 0. The number of carbonyl (C=O) groups is 1. The van der Waals surface area contributed by atoms with Crippen LogP contribution in [-0.4, -0.2) is 51.5 Å². The number of benzene rings is 2. The van der Waals surface area contributed by atoms with Crippen LogP contribution in [0, 0.1) is 45.4 Å². The van der Waals surface area contributed by atoms with Gasteiger partial charge in [-0.15, -0.1) is 0 Å². The summed E-state index contributed by atoms with van der Waals surface area (Å²) in [5.74, 6) is -0.151. The summed E-state index contributed by atoms with van der Waals surface area (Å²) in [6.07, 6.45) is 1.59. The van der Waals surface area contributed by atoms with Crippen LogP contribution in [0.2, 0.25) is 0 Å². The van der Waals surface area contributed by atoms with Crippen molar-refractivity contribution < 1.29 is 24.1 Å². The first kappa shape index (κ1) is 26.1. The molecule has 2 aromatic carbocycles. The number of nitro groups is 2. The number of aromatic nitrogens is 1. The molecule has 1 saturated heterocycles. The summed E-state index contributed by atoms with van der Waals surface area (Å²) >= 11 is 0. The Morgan fingerprint density at radius 3 is 2.34 bits per heavy atom. The highest BCUT2D eigenvalue weighted by molar-refractivity contribution is 6.01. The average Bonchev–Trinajstić information content (AvgIpc) is 3.20. The van der Waals surface area contributed by atoms with Gasteiger partial charge >= 0.3 is 5.69 Å². The van der Waals surface area contributed by atoms with Gasteiger partial charge in [0, 0.05) is 36.2 Å². The molecule has 0 aliphatic carbocycles. The third kappa shape index (κ3) is 5.37. The largest absolute Gasteiger partial charge is 0.450 e. The van der Waals surface area contributed by atoms with Crippen molar-refractivity contribution in [3.63, 3.8) is 0 Å². The quantitative estimate of drug-likeness (QED) is 0.192. The number of nitro benzene ring substituents is 2. The van der Waals surface area contributed by atoms with Crippen molar-refractivity contribution in [1.82, 2.24) is 9.47 Å². The van der Waals surface area contributed by atoms with E-state index in [2.05, 4.69) is 0 Å². The van der Waals surface area contributed by atoms with E-state index in [1.54, 1.807) is 35.2 Å². The molecule has 38 heavy (non-hydrogen) atoms. The van der Waals surface area contributed by atoms with Crippen molar-refractivity contribution in [3.05, 3.63) is 91.3 Å². The molecule has 2 heterocycles. The number of aryl methyl sites for hydroxylation is 1. The normalized spacial score (nSPS) is 13.6. The summed E-state index contributed by atoms with van der Waals surface area (Å²) in [6.45, 7) is 5.53. The van der Waals surface area contributed by atoms with E-state index in [0.29, 0.717) is 32.1 Å². The number of carbonyl (C=O) groups excluding carboxylic acids is 1. The fourth-order valence-corrected chi connectivity index (χ4v) is 4.20. The van der Waals surface area contributed by atoms with Crippen molar-refractivity contribution in [2.45, 2.75) is 13.8 Å². The minimum Gasteiger partial charge on any atom is -0.450 e. The lowest BCUT2D eigenvalue weighted by molar-refractivity contribution is -0.394. The van der Waals surface area contributed by atoms with E-state index in [4.69, 9.17) is 9.47 Å². The van der Waals surface area contributed by atoms with Gasteiger partial charge in [-0.05, 0) is 61.9 Å². The summed E-state index contributed by atoms with van der Waals surface area (Å²) in [6, 6.07) is 13.8. The zero-order valence-corrected chi connectivity index (χ0v) is 20.6. The Bertz CT molecular complexity index is 1480. The molecular weight excluding hydrogens is 494 g/mol. The van der Waals surface area contributed by atoms with Crippen LogP contribution in [0.5, 0.6) is 11.5 Å². The smallest absolute Gasteiger partial charge is 0.318 e. The Hall–Kier alpha value is -5.02. The standard InChI is InChI=1S/C26H23N5O7/c1-17-13-19(14-20(16-27)26(32)28-9-11-37-12-10-28)18(2)29(17)21-3-6-23(7-4-21)38-25-8-5-22(30(33)34)15-24(25)31(35)36/h3-8,13-15H,9-12H2,1-2H3/b20-14-. The van der Waals surface area contributed by atoms with Crippen molar-refractivity contribution in [3.8, 4) is 23.3 Å². The molecule has 0 unspecified atom stereocenters. The third-order valence-electron chi connectivity index (χ3n) is 6.09. The van der Waals surface area contributed by atoms with Gasteiger partial charge in [-0.1, -0.05) is 0 Å². The molecular formula is C26H23N5O7. The minimum absolute atomic E-state index is 0.0422. The van der Waals surface area contributed by atoms with E-state index < -0.39 is 21.2 Å². The molecule has 12 heteroatoms. The molecule has 1 aromatic heterocycles. The first-order chi connectivity index (χ1) is 18.2. The first-order valence-corrected chi connectivity index (χ1v) is 11.6. The second kappa shape index (κ2) is 10.9. The van der Waals surface area contributed by atoms with Gasteiger partial charge in [-0.2, -0.15) is 5.26 Å². The molecule has 0 bridgehead atoms. The summed E-state index contributed by atoms with van der Waals surface area (Å²) in [5, 5.41) is 32.0. The van der Waals surface area contributed by atoms with Crippen LogP contribution in [0.3, 0.4) is 0 Å². The number of morpholine rings is 1. The van der Waals surface area contributed by atoms with Crippen LogP contribution in [0.25, 0.3) is 11.8 Å². The van der Waals surface area contributed by atoms with Crippen LogP contribution in [0.15, 0.2) is 54.1 Å². The third-order valence-corrected chi connectivity index (χ3v) is 6.09. The second-order valence-corrected chi connectivity index (χ2v) is 8.50. The number of hydrogen-bond acceptors (Lipinski definition) is 8. The van der Waals surface area contributed by atoms with Crippen LogP contribution in [-0.2, 0) is 9.53 Å². The molecule has 1 fully saturated rings. The highest BCUT2D eigenvalue weighted by Gasteiger charge is 2.23. The molecule has 12 nitrogen and oxygen atoms in total.